The number of carboxylic acids is 1. The number of aromatic carboxylic acids is 1. The Balaban J connectivity index is 2.19. The molecule has 0 radical (unpaired) electrons. The van der Waals surface area contributed by atoms with E-state index in [0.717, 1.165) is 31.7 Å². The molecule has 0 amide bonds. The fourth-order valence-electron chi connectivity index (χ4n) is 2.96. The summed E-state index contributed by atoms with van der Waals surface area (Å²) in [6, 6.07) is 4.19. The SMILES string of the molecule is CCC1CCCC(Nc2ccc([N+](=O)[O-])cc2C(=O)O)C1. The van der Waals surface area contributed by atoms with Crippen LogP contribution in [0.2, 0.25) is 0 Å². The lowest BCUT2D eigenvalue weighted by Crippen LogP contribution is -2.27. The van der Waals surface area contributed by atoms with E-state index >= 15 is 0 Å². The highest BCUT2D eigenvalue weighted by Gasteiger charge is 2.23. The molecule has 0 heterocycles. The Bertz CT molecular complexity index is 544. The summed E-state index contributed by atoms with van der Waals surface area (Å²) in [5.74, 6) is -0.480. The average Bonchev–Trinajstić information content (AvgIpc) is 2.47. The molecule has 0 aromatic heterocycles. The minimum absolute atomic E-state index is 0.0391. The third kappa shape index (κ3) is 3.71. The maximum absolute atomic E-state index is 11.3. The van der Waals surface area contributed by atoms with Gasteiger partial charge >= 0.3 is 5.97 Å². The van der Waals surface area contributed by atoms with Gasteiger partial charge in [-0.25, -0.2) is 4.79 Å². The number of rotatable bonds is 5. The summed E-state index contributed by atoms with van der Waals surface area (Å²) >= 11 is 0. The molecule has 1 aromatic carbocycles. The predicted molar refractivity (Wildman–Crippen MR) is 79.7 cm³/mol. The van der Waals surface area contributed by atoms with Crippen molar-refractivity contribution in [1.29, 1.82) is 0 Å². The van der Waals surface area contributed by atoms with Gasteiger partial charge in [-0.05, 0) is 24.8 Å². The van der Waals surface area contributed by atoms with Crippen molar-refractivity contribution in [2.75, 3.05) is 5.32 Å². The lowest BCUT2D eigenvalue weighted by atomic mass is 9.84. The molecule has 0 saturated heterocycles. The van der Waals surface area contributed by atoms with E-state index in [1.54, 1.807) is 0 Å². The van der Waals surface area contributed by atoms with E-state index in [2.05, 4.69) is 12.2 Å². The monoisotopic (exact) mass is 292 g/mol. The summed E-state index contributed by atoms with van der Waals surface area (Å²) in [4.78, 5) is 21.5. The molecule has 0 spiro atoms. The van der Waals surface area contributed by atoms with E-state index in [9.17, 15) is 20.0 Å². The molecule has 6 nitrogen and oxygen atoms in total. The van der Waals surface area contributed by atoms with Gasteiger partial charge in [0.25, 0.3) is 5.69 Å². The number of carboxylic acid groups (broad SMARTS) is 1. The highest BCUT2D eigenvalue weighted by molar-refractivity contribution is 5.95. The topological polar surface area (TPSA) is 92.5 Å². The number of carbonyl (C=O) groups is 1. The molecule has 1 aromatic rings. The van der Waals surface area contributed by atoms with Crippen molar-refractivity contribution in [1.82, 2.24) is 0 Å². The Kier molecular flexibility index (Phi) is 4.77. The smallest absolute Gasteiger partial charge is 0.338 e. The summed E-state index contributed by atoms with van der Waals surface area (Å²) in [5.41, 5.74) is 0.228. The van der Waals surface area contributed by atoms with Crippen molar-refractivity contribution < 1.29 is 14.8 Å². The van der Waals surface area contributed by atoms with Crippen LogP contribution in [0.4, 0.5) is 11.4 Å². The van der Waals surface area contributed by atoms with Crippen LogP contribution in [0.3, 0.4) is 0 Å². The Labute approximate surface area is 123 Å². The van der Waals surface area contributed by atoms with Gasteiger partial charge in [0.05, 0.1) is 10.5 Å². The van der Waals surface area contributed by atoms with E-state index in [0.29, 0.717) is 11.6 Å². The first kappa shape index (κ1) is 15.3. The lowest BCUT2D eigenvalue weighted by molar-refractivity contribution is -0.384. The fourth-order valence-corrected chi connectivity index (χ4v) is 2.96. The number of anilines is 1. The molecule has 114 valence electrons. The van der Waals surface area contributed by atoms with Crippen LogP contribution in [0.5, 0.6) is 0 Å². The van der Waals surface area contributed by atoms with E-state index < -0.39 is 10.9 Å². The van der Waals surface area contributed by atoms with Crippen molar-refractivity contribution >= 4 is 17.3 Å². The number of hydrogen-bond donors (Lipinski definition) is 2. The maximum atomic E-state index is 11.3. The molecule has 21 heavy (non-hydrogen) atoms. The van der Waals surface area contributed by atoms with E-state index in [1.165, 1.54) is 18.6 Å². The van der Waals surface area contributed by atoms with Crippen LogP contribution in [-0.2, 0) is 0 Å². The minimum Gasteiger partial charge on any atom is -0.478 e. The van der Waals surface area contributed by atoms with E-state index in [-0.39, 0.29) is 17.3 Å². The first-order chi connectivity index (χ1) is 10.0. The van der Waals surface area contributed by atoms with Gasteiger partial charge < -0.3 is 10.4 Å². The van der Waals surface area contributed by atoms with E-state index in [1.807, 2.05) is 0 Å². The van der Waals surface area contributed by atoms with Gasteiger partial charge in [0, 0.05) is 23.9 Å². The zero-order chi connectivity index (χ0) is 15.4. The van der Waals surface area contributed by atoms with Gasteiger partial charge in [0.2, 0.25) is 0 Å². The highest BCUT2D eigenvalue weighted by Crippen LogP contribution is 2.30. The number of non-ortho nitro benzene ring substituents is 1. The van der Waals surface area contributed by atoms with Gasteiger partial charge in [-0.15, -0.1) is 0 Å². The van der Waals surface area contributed by atoms with Gasteiger partial charge in [0.1, 0.15) is 0 Å². The van der Waals surface area contributed by atoms with Crippen LogP contribution >= 0.6 is 0 Å². The summed E-state index contributed by atoms with van der Waals surface area (Å²) in [5, 5.41) is 23.2. The lowest BCUT2D eigenvalue weighted by Gasteiger charge is -2.30. The Morgan fingerprint density at radius 2 is 2.24 bits per heavy atom. The number of hydrogen-bond acceptors (Lipinski definition) is 4. The number of nitrogens with one attached hydrogen (secondary N) is 1. The second-order valence-corrected chi connectivity index (χ2v) is 5.57. The number of benzene rings is 1. The van der Waals surface area contributed by atoms with Crippen LogP contribution in [0, 0.1) is 16.0 Å². The zero-order valence-electron chi connectivity index (χ0n) is 12.0. The predicted octanol–water partition coefficient (Wildman–Crippen LogP) is 3.67. The van der Waals surface area contributed by atoms with Crippen LogP contribution in [0.1, 0.15) is 49.4 Å². The molecule has 0 bridgehead atoms. The Morgan fingerprint density at radius 3 is 2.86 bits per heavy atom. The second-order valence-electron chi connectivity index (χ2n) is 5.57. The molecule has 6 heteroatoms. The number of nitrogens with zero attached hydrogens (tertiary/aromatic N) is 1. The normalized spacial score (nSPS) is 21.8. The second kappa shape index (κ2) is 6.56. The first-order valence-electron chi connectivity index (χ1n) is 7.29. The molecule has 1 aliphatic rings. The molecule has 1 saturated carbocycles. The maximum Gasteiger partial charge on any atom is 0.338 e. The largest absolute Gasteiger partial charge is 0.478 e. The van der Waals surface area contributed by atoms with Crippen LogP contribution in [-0.4, -0.2) is 22.0 Å². The quantitative estimate of drug-likeness (QED) is 0.638. The first-order valence-corrected chi connectivity index (χ1v) is 7.29. The molecule has 2 rings (SSSR count). The highest BCUT2D eigenvalue weighted by atomic mass is 16.6. The minimum atomic E-state index is -1.15. The Morgan fingerprint density at radius 1 is 1.48 bits per heavy atom. The van der Waals surface area contributed by atoms with E-state index in [4.69, 9.17) is 0 Å². The van der Waals surface area contributed by atoms with Crippen LogP contribution in [0.15, 0.2) is 18.2 Å². The molecular formula is C15H20N2O4. The summed E-state index contributed by atoms with van der Waals surface area (Å²) < 4.78 is 0. The summed E-state index contributed by atoms with van der Waals surface area (Å²) in [7, 11) is 0. The average molecular weight is 292 g/mol. The van der Waals surface area contributed by atoms with Gasteiger partial charge in [-0.3, -0.25) is 10.1 Å². The van der Waals surface area contributed by atoms with Crippen molar-refractivity contribution in [3.05, 3.63) is 33.9 Å². The molecular weight excluding hydrogens is 272 g/mol. The molecule has 1 aliphatic carbocycles. The molecule has 1 fully saturated rings. The number of nitro groups is 1. The summed E-state index contributed by atoms with van der Waals surface area (Å²) in [6.07, 6.45) is 5.51. The number of nitro benzene ring substituents is 1. The third-order valence-corrected chi connectivity index (χ3v) is 4.16. The molecule has 2 atom stereocenters. The zero-order valence-corrected chi connectivity index (χ0v) is 12.0. The van der Waals surface area contributed by atoms with Crippen molar-refractivity contribution in [3.8, 4) is 0 Å². The molecule has 2 N–H and O–H groups in total. The fraction of sp³-hybridized carbons (Fsp3) is 0.533. The van der Waals surface area contributed by atoms with Crippen LogP contribution < -0.4 is 5.32 Å². The van der Waals surface area contributed by atoms with Crippen molar-refractivity contribution in [3.63, 3.8) is 0 Å². The Hall–Kier alpha value is -2.11. The van der Waals surface area contributed by atoms with Gasteiger partial charge in [-0.2, -0.15) is 0 Å². The third-order valence-electron chi connectivity index (χ3n) is 4.16. The molecule has 0 aliphatic heterocycles. The van der Waals surface area contributed by atoms with Crippen molar-refractivity contribution in [2.24, 2.45) is 5.92 Å². The summed E-state index contributed by atoms with van der Waals surface area (Å²) in [6.45, 7) is 2.17. The molecule has 2 unspecified atom stereocenters. The van der Waals surface area contributed by atoms with Gasteiger partial charge in [-0.1, -0.05) is 26.2 Å². The van der Waals surface area contributed by atoms with Crippen molar-refractivity contribution in [2.45, 2.75) is 45.1 Å². The standard InChI is InChI=1S/C15H20N2O4/c1-2-10-4-3-5-11(8-10)16-14-7-6-12(17(20)21)9-13(14)15(18)19/h6-7,9-11,16H,2-5,8H2,1H3,(H,18,19). The van der Waals surface area contributed by atoms with Crippen LogP contribution in [0.25, 0.3) is 0 Å². The van der Waals surface area contributed by atoms with Gasteiger partial charge in [0.15, 0.2) is 0 Å².